The van der Waals surface area contributed by atoms with Crippen LogP contribution in [0.25, 0.3) is 10.9 Å². The Hall–Kier alpha value is -3.17. The molecule has 0 spiro atoms. The fourth-order valence-corrected chi connectivity index (χ4v) is 3.61. The highest BCUT2D eigenvalue weighted by atomic mass is 19.4. The van der Waals surface area contributed by atoms with Gasteiger partial charge < -0.3 is 9.64 Å². The van der Waals surface area contributed by atoms with Crippen molar-refractivity contribution in [2.75, 3.05) is 13.1 Å². The van der Waals surface area contributed by atoms with Crippen LogP contribution in [-0.2, 0) is 17.5 Å². The van der Waals surface area contributed by atoms with Gasteiger partial charge in [-0.15, -0.1) is 0 Å². The van der Waals surface area contributed by atoms with E-state index in [0.717, 1.165) is 18.3 Å². The minimum atomic E-state index is -4.42. The number of hydrogen-bond donors (Lipinski definition) is 0. The molecule has 1 amide bonds. The van der Waals surface area contributed by atoms with Gasteiger partial charge in [0.15, 0.2) is 5.82 Å². The molecule has 1 saturated heterocycles. The first kappa shape index (κ1) is 22.0. The standard InChI is InChI=1S/C22H22F4N4O2/c1-21(2,3)32-20(31)29-11-14(12-29)19-18-16(23)8-27-9-17(18)30(28-19)10-13-4-6-15(7-5-13)22(24,25)26/h4-9,14H,10-12H2,1-3H3. The molecule has 0 saturated carbocycles. The number of fused-ring (bicyclic) bond motifs is 1. The van der Waals surface area contributed by atoms with Gasteiger partial charge in [0.25, 0.3) is 0 Å². The third-order valence-electron chi connectivity index (χ3n) is 5.18. The van der Waals surface area contributed by atoms with E-state index in [2.05, 4.69) is 10.1 Å². The predicted octanol–water partition coefficient (Wildman–Crippen LogP) is 4.97. The Morgan fingerprint density at radius 2 is 1.78 bits per heavy atom. The third kappa shape index (κ3) is 4.39. The lowest BCUT2D eigenvalue weighted by Gasteiger charge is -2.39. The Bertz CT molecular complexity index is 1140. The van der Waals surface area contributed by atoms with Crippen molar-refractivity contribution in [2.45, 2.75) is 45.0 Å². The van der Waals surface area contributed by atoms with Crippen LogP contribution in [0.3, 0.4) is 0 Å². The zero-order chi connectivity index (χ0) is 23.3. The van der Waals surface area contributed by atoms with Crippen LogP contribution in [0, 0.1) is 5.82 Å². The fourth-order valence-electron chi connectivity index (χ4n) is 3.61. The van der Waals surface area contributed by atoms with Crippen molar-refractivity contribution in [3.8, 4) is 0 Å². The second-order valence-electron chi connectivity index (χ2n) is 8.84. The molecule has 4 rings (SSSR count). The number of ether oxygens (including phenoxy) is 1. The Kier molecular flexibility index (Phi) is 5.34. The van der Waals surface area contributed by atoms with Gasteiger partial charge in [-0.25, -0.2) is 9.18 Å². The van der Waals surface area contributed by atoms with Gasteiger partial charge in [-0.2, -0.15) is 18.3 Å². The van der Waals surface area contributed by atoms with Crippen LogP contribution < -0.4 is 0 Å². The maximum atomic E-state index is 14.6. The smallest absolute Gasteiger partial charge is 0.416 e. The van der Waals surface area contributed by atoms with E-state index in [1.807, 2.05) is 0 Å². The topological polar surface area (TPSA) is 60.2 Å². The monoisotopic (exact) mass is 450 g/mol. The number of aromatic nitrogens is 3. The highest BCUT2D eigenvalue weighted by Crippen LogP contribution is 2.34. The number of benzene rings is 1. The average Bonchev–Trinajstić information content (AvgIpc) is 2.98. The molecule has 170 valence electrons. The van der Waals surface area contributed by atoms with Gasteiger partial charge >= 0.3 is 12.3 Å². The summed E-state index contributed by atoms with van der Waals surface area (Å²) in [6, 6.07) is 4.75. The minimum absolute atomic E-state index is 0.155. The van der Waals surface area contributed by atoms with E-state index in [1.165, 1.54) is 27.9 Å². The third-order valence-corrected chi connectivity index (χ3v) is 5.18. The van der Waals surface area contributed by atoms with Crippen molar-refractivity contribution in [3.05, 3.63) is 59.3 Å². The molecule has 0 bridgehead atoms. The van der Waals surface area contributed by atoms with Crippen molar-refractivity contribution in [2.24, 2.45) is 0 Å². The minimum Gasteiger partial charge on any atom is -0.444 e. The van der Waals surface area contributed by atoms with Crippen LogP contribution >= 0.6 is 0 Å². The number of pyridine rings is 1. The molecule has 6 nitrogen and oxygen atoms in total. The number of likely N-dealkylation sites (tertiary alicyclic amines) is 1. The zero-order valence-corrected chi connectivity index (χ0v) is 17.8. The Morgan fingerprint density at radius 3 is 2.38 bits per heavy atom. The second-order valence-corrected chi connectivity index (χ2v) is 8.84. The van der Waals surface area contributed by atoms with Crippen LogP contribution in [0.2, 0.25) is 0 Å². The highest BCUT2D eigenvalue weighted by molar-refractivity contribution is 5.83. The first-order valence-corrected chi connectivity index (χ1v) is 10.1. The number of rotatable bonds is 3. The van der Waals surface area contributed by atoms with Gasteiger partial charge in [0.1, 0.15) is 5.60 Å². The summed E-state index contributed by atoms with van der Waals surface area (Å²) in [5.41, 5.74) is 0.164. The van der Waals surface area contributed by atoms with Crippen molar-refractivity contribution < 1.29 is 27.1 Å². The molecule has 0 unspecified atom stereocenters. The van der Waals surface area contributed by atoms with E-state index in [4.69, 9.17) is 4.74 Å². The molecule has 1 fully saturated rings. The van der Waals surface area contributed by atoms with E-state index in [0.29, 0.717) is 35.2 Å². The van der Waals surface area contributed by atoms with Crippen molar-refractivity contribution >= 4 is 17.0 Å². The van der Waals surface area contributed by atoms with Crippen molar-refractivity contribution in [1.29, 1.82) is 0 Å². The van der Waals surface area contributed by atoms with E-state index < -0.39 is 29.3 Å². The molecule has 0 aliphatic carbocycles. The van der Waals surface area contributed by atoms with E-state index >= 15 is 0 Å². The summed E-state index contributed by atoms with van der Waals surface area (Å²) in [4.78, 5) is 17.6. The van der Waals surface area contributed by atoms with Gasteiger partial charge in [0.05, 0.1) is 41.1 Å². The molecule has 3 aromatic rings. The van der Waals surface area contributed by atoms with E-state index in [-0.39, 0.29) is 12.5 Å². The van der Waals surface area contributed by atoms with Gasteiger partial charge in [-0.05, 0) is 38.5 Å². The maximum Gasteiger partial charge on any atom is 0.416 e. The van der Waals surface area contributed by atoms with Gasteiger partial charge in [-0.3, -0.25) is 9.67 Å². The zero-order valence-electron chi connectivity index (χ0n) is 17.8. The maximum absolute atomic E-state index is 14.6. The lowest BCUT2D eigenvalue weighted by Crippen LogP contribution is -2.50. The molecule has 0 atom stereocenters. The van der Waals surface area contributed by atoms with Gasteiger partial charge in [0.2, 0.25) is 0 Å². The fraction of sp³-hybridized carbons (Fsp3) is 0.409. The molecular weight excluding hydrogens is 428 g/mol. The second kappa shape index (κ2) is 7.75. The van der Waals surface area contributed by atoms with Crippen LogP contribution in [0.5, 0.6) is 0 Å². The summed E-state index contributed by atoms with van der Waals surface area (Å²) in [6.07, 6.45) is -2.28. The number of carbonyl (C=O) groups is 1. The summed E-state index contributed by atoms with van der Waals surface area (Å²) in [5.74, 6) is -0.720. The molecule has 0 N–H and O–H groups in total. The quantitative estimate of drug-likeness (QED) is 0.529. The predicted molar refractivity (Wildman–Crippen MR) is 109 cm³/mol. The molecule has 1 aliphatic heterocycles. The molecule has 1 aromatic carbocycles. The normalized spacial score (nSPS) is 15.2. The van der Waals surface area contributed by atoms with E-state index in [1.54, 1.807) is 20.8 Å². The SMILES string of the molecule is CC(C)(C)OC(=O)N1CC(c2nn(Cc3ccc(C(F)(F)F)cc3)c3cncc(F)c23)C1. The highest BCUT2D eigenvalue weighted by Gasteiger charge is 2.37. The number of nitrogens with zero attached hydrogens (tertiary/aromatic N) is 4. The first-order valence-electron chi connectivity index (χ1n) is 10.1. The van der Waals surface area contributed by atoms with Crippen LogP contribution in [-0.4, -0.2) is 44.4 Å². The van der Waals surface area contributed by atoms with Crippen LogP contribution in [0.15, 0.2) is 36.7 Å². The molecule has 2 aromatic heterocycles. The molecule has 0 radical (unpaired) electrons. The Morgan fingerprint density at radius 1 is 1.12 bits per heavy atom. The molecular formula is C22H22F4N4O2. The van der Waals surface area contributed by atoms with Crippen LogP contribution in [0.1, 0.15) is 43.5 Å². The average molecular weight is 450 g/mol. The largest absolute Gasteiger partial charge is 0.444 e. The summed E-state index contributed by atoms with van der Waals surface area (Å²) >= 11 is 0. The number of carbonyl (C=O) groups excluding carboxylic acids is 1. The Balaban J connectivity index is 1.58. The van der Waals surface area contributed by atoms with Gasteiger partial charge in [0, 0.05) is 19.0 Å². The molecule has 3 heterocycles. The summed E-state index contributed by atoms with van der Waals surface area (Å²) in [5, 5.41) is 4.85. The lowest BCUT2D eigenvalue weighted by atomic mass is 9.94. The van der Waals surface area contributed by atoms with Gasteiger partial charge in [-0.1, -0.05) is 12.1 Å². The summed E-state index contributed by atoms with van der Waals surface area (Å²) < 4.78 is 60.0. The molecule has 32 heavy (non-hydrogen) atoms. The number of alkyl halides is 3. The first-order chi connectivity index (χ1) is 14.9. The number of halogens is 4. The molecule has 10 heteroatoms. The molecule has 1 aliphatic rings. The van der Waals surface area contributed by atoms with Crippen molar-refractivity contribution in [3.63, 3.8) is 0 Å². The Labute approximate surface area is 181 Å². The number of hydrogen-bond acceptors (Lipinski definition) is 4. The van der Waals surface area contributed by atoms with Crippen LogP contribution in [0.4, 0.5) is 22.4 Å². The number of amides is 1. The summed E-state index contributed by atoms with van der Waals surface area (Å²) in [6.45, 7) is 6.16. The summed E-state index contributed by atoms with van der Waals surface area (Å²) in [7, 11) is 0. The van der Waals surface area contributed by atoms with Crippen molar-refractivity contribution in [1.82, 2.24) is 19.7 Å². The lowest BCUT2D eigenvalue weighted by molar-refractivity contribution is -0.137. The van der Waals surface area contributed by atoms with E-state index in [9.17, 15) is 22.4 Å².